The van der Waals surface area contributed by atoms with Crippen LogP contribution in [0.15, 0.2) is 47.6 Å². The fraction of sp³-hybridized carbons (Fsp3) is 0.250. The number of hydrogen-bond acceptors (Lipinski definition) is 7. The van der Waals surface area contributed by atoms with Gasteiger partial charge in [0.25, 0.3) is 0 Å². The van der Waals surface area contributed by atoms with Crippen molar-refractivity contribution in [1.82, 2.24) is 20.5 Å². The molecule has 0 saturated carbocycles. The molecule has 0 aliphatic heterocycles. The zero-order valence-electron chi connectivity index (χ0n) is 16.4. The summed E-state index contributed by atoms with van der Waals surface area (Å²) in [5.74, 6) is 2.47. The van der Waals surface area contributed by atoms with E-state index in [0.717, 1.165) is 11.1 Å². The van der Waals surface area contributed by atoms with Gasteiger partial charge in [0.2, 0.25) is 11.1 Å². The summed E-state index contributed by atoms with van der Waals surface area (Å²) in [4.78, 5) is 16.7. The predicted octanol–water partition coefficient (Wildman–Crippen LogP) is 2.91. The van der Waals surface area contributed by atoms with Crippen LogP contribution in [0.2, 0.25) is 0 Å². The van der Waals surface area contributed by atoms with Crippen LogP contribution >= 0.6 is 11.8 Å². The summed E-state index contributed by atoms with van der Waals surface area (Å²) in [7, 11) is 4.68. The lowest BCUT2D eigenvalue weighted by molar-refractivity contribution is -0.118. The van der Waals surface area contributed by atoms with E-state index in [1.807, 2.05) is 30.3 Å². The molecular formula is C20H22N4O4S. The number of methoxy groups -OCH3 is 3. The van der Waals surface area contributed by atoms with Gasteiger partial charge in [0.05, 0.1) is 27.1 Å². The summed E-state index contributed by atoms with van der Waals surface area (Å²) in [6.07, 6.45) is 0. The van der Waals surface area contributed by atoms with Gasteiger partial charge >= 0.3 is 0 Å². The Hall–Kier alpha value is -3.20. The van der Waals surface area contributed by atoms with Crippen LogP contribution in [-0.2, 0) is 11.3 Å². The third-order valence-corrected chi connectivity index (χ3v) is 4.95. The van der Waals surface area contributed by atoms with Crippen molar-refractivity contribution < 1.29 is 19.0 Å². The van der Waals surface area contributed by atoms with Crippen molar-refractivity contribution in [3.63, 3.8) is 0 Å². The van der Waals surface area contributed by atoms with E-state index in [9.17, 15) is 4.79 Å². The van der Waals surface area contributed by atoms with E-state index in [4.69, 9.17) is 14.2 Å². The molecule has 1 aromatic heterocycles. The zero-order chi connectivity index (χ0) is 20.6. The van der Waals surface area contributed by atoms with Gasteiger partial charge < -0.3 is 19.5 Å². The Morgan fingerprint density at radius 2 is 1.72 bits per heavy atom. The number of hydrogen-bond donors (Lipinski definition) is 2. The summed E-state index contributed by atoms with van der Waals surface area (Å²) >= 11 is 1.26. The maximum absolute atomic E-state index is 12.2. The van der Waals surface area contributed by atoms with Crippen molar-refractivity contribution in [3.05, 3.63) is 48.0 Å². The number of benzene rings is 2. The molecule has 1 heterocycles. The highest BCUT2D eigenvalue weighted by Gasteiger charge is 2.13. The van der Waals surface area contributed by atoms with E-state index in [2.05, 4.69) is 20.5 Å². The molecule has 0 unspecified atom stereocenters. The quantitative estimate of drug-likeness (QED) is 0.520. The lowest BCUT2D eigenvalue weighted by atomic mass is 10.1. The lowest BCUT2D eigenvalue weighted by Crippen LogP contribution is -2.24. The molecule has 152 valence electrons. The average molecular weight is 414 g/mol. The van der Waals surface area contributed by atoms with Crippen LogP contribution in [-0.4, -0.2) is 48.2 Å². The van der Waals surface area contributed by atoms with E-state index in [-0.39, 0.29) is 11.7 Å². The van der Waals surface area contributed by atoms with E-state index < -0.39 is 0 Å². The topological polar surface area (TPSA) is 98.4 Å². The Bertz CT molecular complexity index is 962. The summed E-state index contributed by atoms with van der Waals surface area (Å²) < 4.78 is 16.0. The largest absolute Gasteiger partial charge is 0.496 e. The maximum atomic E-state index is 12.2. The summed E-state index contributed by atoms with van der Waals surface area (Å²) in [5, 5.41) is 10.4. The summed E-state index contributed by atoms with van der Waals surface area (Å²) in [6, 6.07) is 13.2. The van der Waals surface area contributed by atoms with Gasteiger partial charge in [0, 0.05) is 23.7 Å². The Labute approximate surface area is 173 Å². The predicted molar refractivity (Wildman–Crippen MR) is 110 cm³/mol. The van der Waals surface area contributed by atoms with Gasteiger partial charge in [-0.1, -0.05) is 42.1 Å². The fourth-order valence-corrected chi connectivity index (χ4v) is 3.27. The lowest BCUT2D eigenvalue weighted by Gasteiger charge is -2.14. The van der Waals surface area contributed by atoms with Gasteiger partial charge in [-0.2, -0.15) is 0 Å². The molecular weight excluding hydrogens is 392 g/mol. The molecule has 0 fully saturated rings. The third kappa shape index (κ3) is 5.20. The van der Waals surface area contributed by atoms with Crippen LogP contribution < -0.4 is 19.5 Å². The molecule has 0 atom stereocenters. The number of carbonyl (C=O) groups is 1. The van der Waals surface area contributed by atoms with E-state index in [1.165, 1.54) is 11.8 Å². The number of H-pyrrole nitrogens is 1. The Balaban J connectivity index is 1.56. The summed E-state index contributed by atoms with van der Waals surface area (Å²) in [5.41, 5.74) is 1.73. The zero-order valence-corrected chi connectivity index (χ0v) is 17.2. The highest BCUT2D eigenvalue weighted by atomic mass is 32.2. The maximum Gasteiger partial charge on any atom is 0.230 e. The first-order chi connectivity index (χ1) is 14.1. The molecule has 9 heteroatoms. The van der Waals surface area contributed by atoms with E-state index >= 15 is 0 Å². The van der Waals surface area contributed by atoms with Gasteiger partial charge in [-0.25, -0.2) is 4.98 Å². The second-order valence-corrected chi connectivity index (χ2v) is 6.86. The Morgan fingerprint density at radius 3 is 2.41 bits per heavy atom. The number of aromatic amines is 1. The number of ether oxygens (including phenoxy) is 3. The first kappa shape index (κ1) is 20.5. The molecule has 8 nitrogen and oxygen atoms in total. The molecule has 3 aromatic rings. The number of nitrogens with one attached hydrogen (secondary N) is 2. The van der Waals surface area contributed by atoms with Crippen LogP contribution in [0.3, 0.4) is 0 Å². The van der Waals surface area contributed by atoms with E-state index in [0.29, 0.717) is 34.8 Å². The van der Waals surface area contributed by atoms with E-state index in [1.54, 1.807) is 33.5 Å². The number of aromatic nitrogens is 3. The third-order valence-electron chi connectivity index (χ3n) is 4.11. The molecule has 0 bridgehead atoms. The smallest absolute Gasteiger partial charge is 0.230 e. The van der Waals surface area contributed by atoms with Gasteiger partial charge in [0.15, 0.2) is 17.3 Å². The molecule has 3 rings (SSSR count). The molecule has 1 amide bonds. The van der Waals surface area contributed by atoms with Crippen LogP contribution in [0.25, 0.3) is 11.4 Å². The van der Waals surface area contributed by atoms with Gasteiger partial charge in [0.1, 0.15) is 5.75 Å². The minimum Gasteiger partial charge on any atom is -0.496 e. The van der Waals surface area contributed by atoms with Crippen LogP contribution in [0.4, 0.5) is 0 Å². The van der Waals surface area contributed by atoms with Crippen molar-refractivity contribution in [1.29, 1.82) is 0 Å². The molecule has 2 N–H and O–H groups in total. The standard InChI is InChI=1S/C20H22N4O4S/c1-26-15-10-17(28-3)16(27-2)9-14(15)11-21-18(25)12-29-20-22-19(23-24-20)13-7-5-4-6-8-13/h4-10H,11-12H2,1-3H3,(H,21,25)(H,22,23,24). The van der Waals surface area contributed by atoms with Crippen LogP contribution in [0, 0.1) is 0 Å². The van der Waals surface area contributed by atoms with Crippen molar-refractivity contribution >= 4 is 17.7 Å². The normalized spacial score (nSPS) is 10.4. The second-order valence-electron chi connectivity index (χ2n) is 5.92. The Morgan fingerprint density at radius 1 is 1.03 bits per heavy atom. The SMILES string of the molecule is COc1cc(OC)c(OC)cc1CNC(=O)CSc1n[nH]c(-c2ccccc2)n1. The minimum absolute atomic E-state index is 0.141. The molecule has 0 saturated heterocycles. The second kappa shape index (κ2) is 9.83. The van der Waals surface area contributed by atoms with Crippen molar-refractivity contribution in [3.8, 4) is 28.6 Å². The molecule has 0 aliphatic rings. The number of amides is 1. The average Bonchev–Trinajstić information content (AvgIpc) is 3.25. The summed E-state index contributed by atoms with van der Waals surface area (Å²) in [6.45, 7) is 0.298. The van der Waals surface area contributed by atoms with Crippen molar-refractivity contribution in [2.75, 3.05) is 27.1 Å². The highest BCUT2D eigenvalue weighted by molar-refractivity contribution is 7.99. The first-order valence-electron chi connectivity index (χ1n) is 8.80. The molecule has 2 aromatic carbocycles. The number of nitrogens with zero attached hydrogens (tertiary/aromatic N) is 2. The molecule has 29 heavy (non-hydrogen) atoms. The fourth-order valence-electron chi connectivity index (χ4n) is 2.64. The van der Waals surface area contributed by atoms with Crippen LogP contribution in [0.1, 0.15) is 5.56 Å². The van der Waals surface area contributed by atoms with Crippen LogP contribution in [0.5, 0.6) is 17.2 Å². The number of carbonyl (C=O) groups excluding carboxylic acids is 1. The monoisotopic (exact) mass is 414 g/mol. The van der Waals surface area contributed by atoms with Crippen molar-refractivity contribution in [2.24, 2.45) is 0 Å². The highest BCUT2D eigenvalue weighted by Crippen LogP contribution is 2.34. The molecule has 0 radical (unpaired) electrons. The Kier molecular flexibility index (Phi) is 6.96. The number of rotatable bonds is 9. The van der Waals surface area contributed by atoms with Crippen molar-refractivity contribution in [2.45, 2.75) is 11.7 Å². The van der Waals surface area contributed by atoms with Gasteiger partial charge in [-0.3, -0.25) is 9.89 Å². The van der Waals surface area contributed by atoms with Gasteiger partial charge in [-0.05, 0) is 6.07 Å². The molecule has 0 aliphatic carbocycles. The van der Waals surface area contributed by atoms with Gasteiger partial charge in [-0.15, -0.1) is 5.10 Å². The number of thioether (sulfide) groups is 1. The molecule has 0 spiro atoms. The first-order valence-corrected chi connectivity index (χ1v) is 9.79. The minimum atomic E-state index is -0.141.